The molecule has 0 fully saturated rings. The zero-order valence-electron chi connectivity index (χ0n) is 11.4. The zero-order valence-corrected chi connectivity index (χ0v) is 13.0. The third-order valence-corrected chi connectivity index (χ3v) is 4.09. The fourth-order valence-electron chi connectivity index (χ4n) is 1.76. The Labute approximate surface area is 133 Å². The number of anilines is 1. The Morgan fingerprint density at radius 2 is 1.76 bits per heavy atom. The summed E-state index contributed by atoms with van der Waals surface area (Å²) < 4.78 is 0. The van der Waals surface area contributed by atoms with Crippen LogP contribution in [0.15, 0.2) is 53.4 Å². The summed E-state index contributed by atoms with van der Waals surface area (Å²) in [6.07, 6.45) is 0.626. The molecule has 1 amide bonds. The fraction of sp³-hybridized carbons (Fsp3) is 0.188. The van der Waals surface area contributed by atoms with E-state index >= 15 is 0 Å². The first-order valence-electron chi connectivity index (χ1n) is 6.55. The molecule has 21 heavy (non-hydrogen) atoms. The predicted octanol–water partition coefficient (Wildman–Crippen LogP) is 3.61. The van der Waals surface area contributed by atoms with Gasteiger partial charge in [0.05, 0.1) is 5.75 Å². The summed E-state index contributed by atoms with van der Waals surface area (Å²) in [7, 11) is 0. The molecule has 3 nitrogen and oxygen atoms in total. The second kappa shape index (κ2) is 8.08. The maximum Gasteiger partial charge on any atom is 0.234 e. The van der Waals surface area contributed by atoms with Crippen LogP contribution in [0.2, 0.25) is 5.02 Å². The van der Waals surface area contributed by atoms with Gasteiger partial charge in [0.2, 0.25) is 5.91 Å². The Bertz CT molecular complexity index is 584. The van der Waals surface area contributed by atoms with Gasteiger partial charge in [0.1, 0.15) is 0 Å². The number of benzene rings is 2. The molecule has 0 aliphatic carbocycles. The average Bonchev–Trinajstić information content (AvgIpc) is 2.49. The lowest BCUT2D eigenvalue weighted by Gasteiger charge is -2.06. The summed E-state index contributed by atoms with van der Waals surface area (Å²) in [5.41, 5.74) is 1.81. The van der Waals surface area contributed by atoms with Gasteiger partial charge in [-0.3, -0.25) is 4.79 Å². The van der Waals surface area contributed by atoms with E-state index in [4.69, 9.17) is 16.7 Å². The number of hydrogen-bond acceptors (Lipinski definition) is 3. The summed E-state index contributed by atoms with van der Waals surface area (Å²) in [6.45, 7) is 0.128. The van der Waals surface area contributed by atoms with Crippen molar-refractivity contribution in [1.29, 1.82) is 0 Å². The van der Waals surface area contributed by atoms with E-state index in [-0.39, 0.29) is 12.5 Å². The molecule has 0 spiro atoms. The number of carbonyl (C=O) groups is 1. The van der Waals surface area contributed by atoms with Crippen LogP contribution < -0.4 is 5.32 Å². The van der Waals surface area contributed by atoms with E-state index < -0.39 is 0 Å². The summed E-state index contributed by atoms with van der Waals surface area (Å²) in [5.74, 6) is 0.296. The monoisotopic (exact) mass is 321 g/mol. The van der Waals surface area contributed by atoms with E-state index in [2.05, 4.69) is 5.32 Å². The molecular formula is C16H16ClNO2S. The third kappa shape index (κ3) is 5.42. The Hall–Kier alpha value is -1.49. The molecule has 0 aromatic heterocycles. The first-order valence-corrected chi connectivity index (χ1v) is 7.92. The highest BCUT2D eigenvalue weighted by molar-refractivity contribution is 8.00. The van der Waals surface area contributed by atoms with Crippen molar-refractivity contribution in [1.82, 2.24) is 0 Å². The summed E-state index contributed by atoms with van der Waals surface area (Å²) in [5, 5.41) is 12.4. The highest BCUT2D eigenvalue weighted by atomic mass is 35.5. The van der Waals surface area contributed by atoms with Crippen molar-refractivity contribution >= 4 is 35.0 Å². The number of halogens is 1. The van der Waals surface area contributed by atoms with E-state index in [9.17, 15) is 4.79 Å². The number of rotatable bonds is 6. The summed E-state index contributed by atoms with van der Waals surface area (Å²) in [4.78, 5) is 12.9. The van der Waals surface area contributed by atoms with Gasteiger partial charge in [0.15, 0.2) is 0 Å². The molecule has 0 aliphatic rings. The van der Waals surface area contributed by atoms with Gasteiger partial charge in [-0.15, -0.1) is 11.8 Å². The van der Waals surface area contributed by atoms with E-state index in [1.54, 1.807) is 0 Å². The largest absolute Gasteiger partial charge is 0.396 e. The molecule has 0 aliphatic heterocycles. The van der Waals surface area contributed by atoms with E-state index in [0.29, 0.717) is 17.2 Å². The number of carbonyl (C=O) groups excluding carboxylic acids is 1. The Balaban J connectivity index is 1.82. The first kappa shape index (κ1) is 15.9. The second-order valence-corrected chi connectivity index (χ2v) is 5.95. The van der Waals surface area contributed by atoms with E-state index in [0.717, 1.165) is 16.1 Å². The lowest BCUT2D eigenvalue weighted by atomic mass is 10.1. The van der Waals surface area contributed by atoms with Crippen LogP contribution in [0.4, 0.5) is 5.69 Å². The minimum absolute atomic E-state index is 0.0511. The van der Waals surface area contributed by atoms with Crippen LogP contribution in [0.3, 0.4) is 0 Å². The van der Waals surface area contributed by atoms with Gasteiger partial charge in [-0.1, -0.05) is 23.7 Å². The average molecular weight is 322 g/mol. The molecule has 0 saturated heterocycles. The number of thioether (sulfide) groups is 1. The molecule has 0 heterocycles. The number of amides is 1. The standard InChI is InChI=1S/C16H16ClNO2S/c17-13-3-7-15(8-4-13)21-11-16(20)18-14-5-1-12(2-6-14)9-10-19/h1-8,19H,9-11H2,(H,18,20). The molecule has 0 bridgehead atoms. The van der Waals surface area contributed by atoms with Crippen LogP contribution in [0, 0.1) is 0 Å². The van der Waals surface area contributed by atoms with E-state index in [1.807, 2.05) is 48.5 Å². The minimum atomic E-state index is -0.0511. The summed E-state index contributed by atoms with van der Waals surface area (Å²) in [6, 6.07) is 14.9. The maximum atomic E-state index is 11.9. The lowest BCUT2D eigenvalue weighted by Crippen LogP contribution is -2.13. The molecule has 0 saturated carbocycles. The van der Waals surface area contributed by atoms with Gasteiger partial charge in [0, 0.05) is 22.2 Å². The van der Waals surface area contributed by atoms with Crippen LogP contribution in [0.5, 0.6) is 0 Å². The number of hydrogen-bond donors (Lipinski definition) is 2. The van der Waals surface area contributed by atoms with Gasteiger partial charge in [0.25, 0.3) is 0 Å². The fourth-order valence-corrected chi connectivity index (χ4v) is 2.59. The van der Waals surface area contributed by atoms with Gasteiger partial charge in [-0.25, -0.2) is 0 Å². The van der Waals surface area contributed by atoms with Crippen molar-refractivity contribution in [2.75, 3.05) is 17.7 Å². The van der Waals surface area contributed by atoms with Gasteiger partial charge >= 0.3 is 0 Å². The predicted molar refractivity (Wildman–Crippen MR) is 88.0 cm³/mol. The number of nitrogens with one attached hydrogen (secondary N) is 1. The van der Waals surface area contributed by atoms with Gasteiger partial charge in [-0.05, 0) is 48.4 Å². The highest BCUT2D eigenvalue weighted by Gasteiger charge is 2.04. The lowest BCUT2D eigenvalue weighted by molar-refractivity contribution is -0.113. The second-order valence-electron chi connectivity index (χ2n) is 4.46. The molecule has 2 rings (SSSR count). The van der Waals surface area contributed by atoms with Crippen molar-refractivity contribution in [3.63, 3.8) is 0 Å². The first-order chi connectivity index (χ1) is 10.2. The van der Waals surface area contributed by atoms with Crippen LogP contribution in [0.25, 0.3) is 0 Å². The van der Waals surface area contributed by atoms with Crippen molar-refractivity contribution in [3.8, 4) is 0 Å². The summed E-state index contributed by atoms with van der Waals surface area (Å²) >= 11 is 7.28. The Morgan fingerprint density at radius 3 is 2.38 bits per heavy atom. The van der Waals surface area contributed by atoms with Crippen molar-refractivity contribution in [2.24, 2.45) is 0 Å². The Kier molecular flexibility index (Phi) is 6.11. The molecule has 0 unspecified atom stereocenters. The van der Waals surface area contributed by atoms with Crippen molar-refractivity contribution in [2.45, 2.75) is 11.3 Å². The molecule has 2 N–H and O–H groups in total. The molecule has 110 valence electrons. The number of aliphatic hydroxyl groups excluding tert-OH is 1. The molecule has 2 aromatic carbocycles. The normalized spacial score (nSPS) is 10.4. The van der Waals surface area contributed by atoms with Gasteiger partial charge in [-0.2, -0.15) is 0 Å². The SMILES string of the molecule is O=C(CSc1ccc(Cl)cc1)Nc1ccc(CCO)cc1. The quantitative estimate of drug-likeness (QED) is 0.799. The van der Waals surface area contributed by atoms with Crippen LogP contribution >= 0.6 is 23.4 Å². The molecule has 5 heteroatoms. The number of aliphatic hydroxyl groups is 1. The van der Waals surface area contributed by atoms with E-state index in [1.165, 1.54) is 11.8 Å². The topological polar surface area (TPSA) is 49.3 Å². The molecule has 0 atom stereocenters. The van der Waals surface area contributed by atoms with Crippen LogP contribution in [-0.2, 0) is 11.2 Å². The van der Waals surface area contributed by atoms with Crippen molar-refractivity contribution < 1.29 is 9.90 Å². The molecular weight excluding hydrogens is 306 g/mol. The third-order valence-electron chi connectivity index (χ3n) is 2.82. The Morgan fingerprint density at radius 1 is 1.10 bits per heavy atom. The van der Waals surface area contributed by atoms with Crippen LogP contribution in [0.1, 0.15) is 5.56 Å². The van der Waals surface area contributed by atoms with Gasteiger partial charge < -0.3 is 10.4 Å². The maximum absolute atomic E-state index is 11.9. The molecule has 0 radical (unpaired) electrons. The zero-order chi connectivity index (χ0) is 15.1. The highest BCUT2D eigenvalue weighted by Crippen LogP contribution is 2.20. The van der Waals surface area contributed by atoms with Crippen molar-refractivity contribution in [3.05, 3.63) is 59.1 Å². The smallest absolute Gasteiger partial charge is 0.234 e. The minimum Gasteiger partial charge on any atom is -0.396 e. The molecule has 2 aromatic rings. The van der Waals surface area contributed by atoms with Crippen LogP contribution in [-0.4, -0.2) is 23.4 Å².